The van der Waals surface area contributed by atoms with Gasteiger partial charge in [-0.15, -0.1) is 0 Å². The number of Topliss-reactive ketones (excluding diaryl/α,β-unsaturated/α-hetero) is 1. The Labute approximate surface area is 90.6 Å². The summed E-state index contributed by atoms with van der Waals surface area (Å²) in [6, 6.07) is 7.25. The second kappa shape index (κ2) is 5.35. The highest BCUT2D eigenvalue weighted by Gasteiger charge is 2.06. The molecule has 0 saturated heterocycles. The number of hydrogen-bond donors (Lipinski definition) is 0. The van der Waals surface area contributed by atoms with E-state index in [0.717, 1.165) is 11.3 Å². The van der Waals surface area contributed by atoms with E-state index in [1.165, 1.54) is 0 Å². The molecule has 0 unspecified atom stereocenters. The third-order valence-corrected chi connectivity index (χ3v) is 1.93. The molecule has 80 valence electrons. The summed E-state index contributed by atoms with van der Waals surface area (Å²) in [7, 11) is 0. The average Bonchev–Trinajstić information content (AvgIpc) is 2.17. The van der Waals surface area contributed by atoms with Crippen molar-refractivity contribution in [2.45, 2.75) is 20.3 Å². The van der Waals surface area contributed by atoms with E-state index >= 15 is 0 Å². The lowest BCUT2D eigenvalue weighted by Crippen LogP contribution is -2.00. The maximum atomic E-state index is 11.7. The van der Waals surface area contributed by atoms with Gasteiger partial charge in [-0.25, -0.2) is 0 Å². The number of hydrogen-bond acceptors (Lipinski definition) is 2. The number of allylic oxidation sites excluding steroid dienone is 1. The summed E-state index contributed by atoms with van der Waals surface area (Å²) in [5.41, 5.74) is 1.56. The van der Waals surface area contributed by atoms with Crippen LogP contribution < -0.4 is 4.74 Å². The molecule has 0 aliphatic heterocycles. The van der Waals surface area contributed by atoms with Gasteiger partial charge in [0.15, 0.2) is 5.78 Å². The van der Waals surface area contributed by atoms with E-state index in [0.29, 0.717) is 18.6 Å². The molecular formula is C13H16O2. The molecule has 0 fully saturated rings. The largest absolute Gasteiger partial charge is 0.494 e. The van der Waals surface area contributed by atoms with Crippen LogP contribution in [-0.4, -0.2) is 12.4 Å². The molecule has 1 rings (SSSR count). The summed E-state index contributed by atoms with van der Waals surface area (Å²) in [5.74, 6) is 0.828. The number of ether oxygens (including phenoxy) is 1. The Kier molecular flexibility index (Phi) is 4.10. The zero-order valence-electron chi connectivity index (χ0n) is 9.25. The van der Waals surface area contributed by atoms with Crippen LogP contribution in [0.25, 0.3) is 0 Å². The predicted octanol–water partition coefficient (Wildman–Crippen LogP) is 3.23. The third-order valence-electron chi connectivity index (χ3n) is 1.93. The topological polar surface area (TPSA) is 26.3 Å². The first kappa shape index (κ1) is 11.5. The Balaban J connectivity index is 2.80. The monoisotopic (exact) mass is 204 g/mol. The lowest BCUT2D eigenvalue weighted by Gasteiger charge is -2.05. The first-order valence-electron chi connectivity index (χ1n) is 5.04. The van der Waals surface area contributed by atoms with Gasteiger partial charge in [-0.1, -0.05) is 24.3 Å². The van der Waals surface area contributed by atoms with Crippen LogP contribution in [0.4, 0.5) is 0 Å². The second-order valence-corrected chi connectivity index (χ2v) is 3.52. The molecule has 0 amide bonds. The van der Waals surface area contributed by atoms with Crippen molar-refractivity contribution in [3.63, 3.8) is 0 Å². The Morgan fingerprint density at radius 1 is 1.47 bits per heavy atom. The van der Waals surface area contributed by atoms with Crippen LogP contribution in [0, 0.1) is 0 Å². The van der Waals surface area contributed by atoms with Crippen LogP contribution >= 0.6 is 0 Å². The molecule has 0 radical (unpaired) electrons. The highest BCUT2D eigenvalue weighted by molar-refractivity contribution is 5.97. The van der Waals surface area contributed by atoms with Gasteiger partial charge in [0, 0.05) is 12.0 Å². The van der Waals surface area contributed by atoms with Crippen LogP contribution in [0.15, 0.2) is 36.4 Å². The number of carbonyl (C=O) groups excluding carboxylic acids is 1. The molecule has 0 heterocycles. The van der Waals surface area contributed by atoms with E-state index in [-0.39, 0.29) is 5.78 Å². The molecule has 0 spiro atoms. The van der Waals surface area contributed by atoms with E-state index in [9.17, 15) is 4.79 Å². The fourth-order valence-electron chi connectivity index (χ4n) is 1.30. The third kappa shape index (κ3) is 3.58. The Hall–Kier alpha value is -1.57. The molecule has 0 saturated carbocycles. The number of ketones is 1. The van der Waals surface area contributed by atoms with Crippen LogP contribution in [0.2, 0.25) is 0 Å². The summed E-state index contributed by atoms with van der Waals surface area (Å²) in [6.07, 6.45) is 0.398. The van der Waals surface area contributed by atoms with Gasteiger partial charge in [0.1, 0.15) is 5.75 Å². The molecule has 1 aromatic carbocycles. The molecule has 15 heavy (non-hydrogen) atoms. The quantitative estimate of drug-likeness (QED) is 0.543. The number of rotatable bonds is 5. The average molecular weight is 204 g/mol. The molecule has 0 bridgehead atoms. The highest BCUT2D eigenvalue weighted by atomic mass is 16.5. The first-order valence-corrected chi connectivity index (χ1v) is 5.04. The lowest BCUT2D eigenvalue weighted by molar-refractivity contribution is 0.0992. The first-order chi connectivity index (χ1) is 7.13. The summed E-state index contributed by atoms with van der Waals surface area (Å²) >= 11 is 0. The molecule has 1 aromatic rings. The fraction of sp³-hybridized carbons (Fsp3) is 0.308. The minimum atomic E-state index is 0.0871. The van der Waals surface area contributed by atoms with E-state index in [4.69, 9.17) is 4.74 Å². The molecule has 2 heteroatoms. The van der Waals surface area contributed by atoms with E-state index < -0.39 is 0 Å². The van der Waals surface area contributed by atoms with Gasteiger partial charge in [0.05, 0.1) is 6.61 Å². The maximum absolute atomic E-state index is 11.7. The molecule has 0 atom stereocenters. The summed E-state index contributed by atoms with van der Waals surface area (Å²) < 4.78 is 5.33. The smallest absolute Gasteiger partial charge is 0.167 e. The van der Waals surface area contributed by atoms with Gasteiger partial charge in [0.25, 0.3) is 0 Å². The van der Waals surface area contributed by atoms with Crippen LogP contribution in [0.5, 0.6) is 5.75 Å². The van der Waals surface area contributed by atoms with Crippen molar-refractivity contribution in [3.8, 4) is 5.75 Å². The maximum Gasteiger partial charge on any atom is 0.167 e. The summed E-state index contributed by atoms with van der Waals surface area (Å²) in [6.45, 7) is 8.11. The minimum absolute atomic E-state index is 0.0871. The summed E-state index contributed by atoms with van der Waals surface area (Å²) in [5, 5.41) is 0. The number of carbonyl (C=O) groups is 1. The van der Waals surface area contributed by atoms with Crippen LogP contribution in [-0.2, 0) is 0 Å². The molecule has 0 aliphatic carbocycles. The Morgan fingerprint density at radius 3 is 2.80 bits per heavy atom. The normalized spacial score (nSPS) is 9.73. The van der Waals surface area contributed by atoms with Crippen molar-refractivity contribution in [2.75, 3.05) is 6.61 Å². The zero-order chi connectivity index (χ0) is 11.3. The van der Waals surface area contributed by atoms with Crippen molar-refractivity contribution in [3.05, 3.63) is 42.0 Å². The van der Waals surface area contributed by atoms with Crippen LogP contribution in [0.1, 0.15) is 30.6 Å². The highest BCUT2D eigenvalue weighted by Crippen LogP contribution is 2.15. The van der Waals surface area contributed by atoms with Gasteiger partial charge in [-0.05, 0) is 26.0 Å². The van der Waals surface area contributed by atoms with Crippen molar-refractivity contribution >= 4 is 5.78 Å². The van der Waals surface area contributed by atoms with Crippen molar-refractivity contribution < 1.29 is 9.53 Å². The van der Waals surface area contributed by atoms with E-state index in [2.05, 4.69) is 6.58 Å². The SMILES string of the molecule is C=C(C)CC(=O)c1cccc(OCC)c1. The van der Waals surface area contributed by atoms with Gasteiger partial charge >= 0.3 is 0 Å². The standard InChI is InChI=1S/C13H16O2/c1-4-15-12-7-5-6-11(9-12)13(14)8-10(2)3/h5-7,9H,2,4,8H2,1,3H3. The van der Waals surface area contributed by atoms with Gasteiger partial charge in [-0.3, -0.25) is 4.79 Å². The fourth-order valence-corrected chi connectivity index (χ4v) is 1.30. The zero-order valence-corrected chi connectivity index (χ0v) is 9.25. The van der Waals surface area contributed by atoms with Crippen molar-refractivity contribution in [1.29, 1.82) is 0 Å². The summed E-state index contributed by atoms with van der Waals surface area (Å²) in [4.78, 5) is 11.7. The molecule has 0 aromatic heterocycles. The van der Waals surface area contributed by atoms with Crippen molar-refractivity contribution in [1.82, 2.24) is 0 Å². The molecule has 0 N–H and O–H groups in total. The van der Waals surface area contributed by atoms with Crippen molar-refractivity contribution in [2.24, 2.45) is 0 Å². The second-order valence-electron chi connectivity index (χ2n) is 3.52. The molecule has 0 aliphatic rings. The van der Waals surface area contributed by atoms with Gasteiger partial charge in [-0.2, -0.15) is 0 Å². The predicted molar refractivity (Wildman–Crippen MR) is 61.4 cm³/mol. The van der Waals surface area contributed by atoms with Gasteiger partial charge in [0.2, 0.25) is 0 Å². The van der Waals surface area contributed by atoms with E-state index in [1.807, 2.05) is 26.0 Å². The molecular weight excluding hydrogens is 188 g/mol. The Morgan fingerprint density at radius 2 is 2.20 bits per heavy atom. The van der Waals surface area contributed by atoms with Gasteiger partial charge < -0.3 is 4.74 Å². The number of benzene rings is 1. The minimum Gasteiger partial charge on any atom is -0.494 e. The molecule has 2 nitrogen and oxygen atoms in total. The lowest BCUT2D eigenvalue weighted by atomic mass is 10.0. The van der Waals surface area contributed by atoms with Crippen LogP contribution in [0.3, 0.4) is 0 Å². The Bertz CT molecular complexity index is 367. The van der Waals surface area contributed by atoms with E-state index in [1.54, 1.807) is 12.1 Å².